The second-order valence-corrected chi connectivity index (χ2v) is 6.76. The monoisotopic (exact) mass is 326 g/mol. The third kappa shape index (κ3) is 7.69. The standard InChI is InChI=1S/C16H26N2OS2/c1-13(8-11-21-3)18(2)9-10-19-15-6-4-14(5-7-15)12-16(17)20/h4-7,13H,8-12H2,1-3H3,(H2,17,20). The van der Waals surface area contributed by atoms with Gasteiger partial charge in [-0.05, 0) is 50.1 Å². The van der Waals surface area contributed by atoms with Gasteiger partial charge in [0.25, 0.3) is 0 Å². The van der Waals surface area contributed by atoms with Crippen molar-refractivity contribution in [2.24, 2.45) is 5.73 Å². The summed E-state index contributed by atoms with van der Waals surface area (Å²) in [6, 6.07) is 8.57. The molecule has 0 bridgehead atoms. The lowest BCUT2D eigenvalue weighted by Gasteiger charge is -2.24. The first kappa shape index (κ1) is 18.3. The Morgan fingerprint density at radius 2 is 2.05 bits per heavy atom. The number of benzene rings is 1. The molecular weight excluding hydrogens is 300 g/mol. The second kappa shape index (κ2) is 10.0. The lowest BCUT2D eigenvalue weighted by molar-refractivity contribution is 0.197. The third-order valence-electron chi connectivity index (χ3n) is 3.51. The lowest BCUT2D eigenvalue weighted by atomic mass is 10.1. The number of hydrogen-bond donors (Lipinski definition) is 1. The highest BCUT2D eigenvalue weighted by atomic mass is 32.2. The van der Waals surface area contributed by atoms with Crippen molar-refractivity contribution in [1.82, 2.24) is 4.90 Å². The van der Waals surface area contributed by atoms with E-state index in [0.29, 0.717) is 24.1 Å². The van der Waals surface area contributed by atoms with E-state index in [2.05, 4.69) is 25.1 Å². The SMILES string of the molecule is CSCCC(C)N(C)CCOc1ccc(CC(N)=S)cc1. The van der Waals surface area contributed by atoms with Crippen LogP contribution in [0.5, 0.6) is 5.75 Å². The first-order valence-corrected chi connectivity index (χ1v) is 9.02. The van der Waals surface area contributed by atoms with E-state index in [1.807, 2.05) is 36.0 Å². The van der Waals surface area contributed by atoms with Gasteiger partial charge in [0, 0.05) is 19.0 Å². The highest BCUT2D eigenvalue weighted by molar-refractivity contribution is 7.98. The van der Waals surface area contributed by atoms with Crippen molar-refractivity contribution in [3.8, 4) is 5.75 Å². The van der Waals surface area contributed by atoms with Gasteiger partial charge in [-0.15, -0.1) is 0 Å². The Balaban J connectivity index is 2.30. The zero-order chi connectivity index (χ0) is 15.7. The molecule has 0 aromatic heterocycles. The van der Waals surface area contributed by atoms with Gasteiger partial charge in [-0.1, -0.05) is 24.4 Å². The lowest BCUT2D eigenvalue weighted by Crippen LogP contribution is -2.33. The van der Waals surface area contributed by atoms with E-state index in [0.717, 1.165) is 17.9 Å². The molecule has 0 aliphatic carbocycles. The largest absolute Gasteiger partial charge is 0.492 e. The maximum absolute atomic E-state index is 5.78. The van der Waals surface area contributed by atoms with Crippen LogP contribution in [0.1, 0.15) is 18.9 Å². The van der Waals surface area contributed by atoms with Crippen LogP contribution < -0.4 is 10.5 Å². The average molecular weight is 327 g/mol. The van der Waals surface area contributed by atoms with Gasteiger partial charge in [-0.25, -0.2) is 0 Å². The topological polar surface area (TPSA) is 38.5 Å². The molecule has 0 saturated carbocycles. The smallest absolute Gasteiger partial charge is 0.119 e. The summed E-state index contributed by atoms with van der Waals surface area (Å²) in [7, 11) is 2.15. The van der Waals surface area contributed by atoms with Crippen molar-refractivity contribution in [1.29, 1.82) is 0 Å². The van der Waals surface area contributed by atoms with Gasteiger partial charge in [0.1, 0.15) is 12.4 Å². The summed E-state index contributed by atoms with van der Waals surface area (Å²) in [5, 5.41) is 0. The molecule has 0 amide bonds. The molecule has 2 N–H and O–H groups in total. The van der Waals surface area contributed by atoms with Gasteiger partial charge >= 0.3 is 0 Å². The number of thioether (sulfide) groups is 1. The van der Waals surface area contributed by atoms with Crippen molar-refractivity contribution in [3.05, 3.63) is 29.8 Å². The Hall–Kier alpha value is -0.780. The molecule has 0 aliphatic heterocycles. The van der Waals surface area contributed by atoms with Crippen LogP contribution in [-0.2, 0) is 6.42 Å². The van der Waals surface area contributed by atoms with E-state index >= 15 is 0 Å². The molecule has 1 aromatic rings. The number of nitrogens with two attached hydrogens (primary N) is 1. The number of hydrogen-bond acceptors (Lipinski definition) is 4. The summed E-state index contributed by atoms with van der Waals surface area (Å²) in [5.74, 6) is 2.10. The maximum atomic E-state index is 5.78. The minimum absolute atomic E-state index is 0.518. The minimum atomic E-state index is 0.518. The summed E-state index contributed by atoms with van der Waals surface area (Å²) < 4.78 is 5.78. The van der Waals surface area contributed by atoms with Crippen molar-refractivity contribution >= 4 is 29.0 Å². The summed E-state index contributed by atoms with van der Waals surface area (Å²) in [6.07, 6.45) is 4.01. The van der Waals surface area contributed by atoms with E-state index in [9.17, 15) is 0 Å². The highest BCUT2D eigenvalue weighted by Gasteiger charge is 2.08. The summed E-state index contributed by atoms with van der Waals surface area (Å²) in [5.41, 5.74) is 6.65. The molecule has 1 unspecified atom stereocenters. The molecule has 1 aromatic carbocycles. The zero-order valence-electron chi connectivity index (χ0n) is 13.2. The number of rotatable bonds is 10. The van der Waals surface area contributed by atoms with Crippen LogP contribution in [0.4, 0.5) is 0 Å². The molecular formula is C16H26N2OS2. The van der Waals surface area contributed by atoms with E-state index in [-0.39, 0.29) is 0 Å². The molecule has 0 radical (unpaired) electrons. The Morgan fingerprint density at radius 1 is 1.38 bits per heavy atom. The van der Waals surface area contributed by atoms with Gasteiger partial charge in [0.05, 0.1) is 4.99 Å². The Bertz CT molecular complexity index is 423. The Labute approximate surface area is 138 Å². The molecule has 0 spiro atoms. The molecule has 3 nitrogen and oxygen atoms in total. The van der Waals surface area contributed by atoms with Crippen molar-refractivity contribution < 1.29 is 4.74 Å². The first-order valence-electron chi connectivity index (χ1n) is 7.22. The summed E-state index contributed by atoms with van der Waals surface area (Å²) >= 11 is 6.80. The molecule has 1 atom stereocenters. The van der Waals surface area contributed by atoms with E-state index in [1.165, 1.54) is 12.2 Å². The fraction of sp³-hybridized carbons (Fsp3) is 0.562. The molecule has 1 rings (SSSR count). The molecule has 5 heteroatoms. The molecule has 0 aliphatic rings. The van der Waals surface area contributed by atoms with Crippen LogP contribution in [0.3, 0.4) is 0 Å². The number of nitrogens with zero attached hydrogens (tertiary/aromatic N) is 1. The van der Waals surface area contributed by atoms with Crippen LogP contribution in [0, 0.1) is 0 Å². The highest BCUT2D eigenvalue weighted by Crippen LogP contribution is 2.13. The van der Waals surface area contributed by atoms with Gasteiger partial charge in [0.2, 0.25) is 0 Å². The van der Waals surface area contributed by atoms with Gasteiger partial charge < -0.3 is 15.4 Å². The van der Waals surface area contributed by atoms with Crippen LogP contribution in [0.2, 0.25) is 0 Å². The second-order valence-electron chi connectivity index (χ2n) is 5.25. The van der Waals surface area contributed by atoms with E-state index in [4.69, 9.17) is 22.7 Å². The van der Waals surface area contributed by atoms with E-state index in [1.54, 1.807) is 0 Å². The number of thiocarbonyl (C=S) groups is 1. The number of ether oxygens (including phenoxy) is 1. The zero-order valence-corrected chi connectivity index (χ0v) is 14.8. The molecule has 0 saturated heterocycles. The quantitative estimate of drug-likeness (QED) is 0.669. The minimum Gasteiger partial charge on any atom is -0.492 e. The predicted molar refractivity (Wildman–Crippen MR) is 97.5 cm³/mol. The predicted octanol–water partition coefficient (Wildman–Crippen LogP) is 2.97. The van der Waals surface area contributed by atoms with Crippen molar-refractivity contribution in [2.75, 3.05) is 32.2 Å². The van der Waals surface area contributed by atoms with Gasteiger partial charge in [-0.3, -0.25) is 0 Å². The average Bonchev–Trinajstić information content (AvgIpc) is 2.45. The fourth-order valence-electron chi connectivity index (χ4n) is 1.94. The Morgan fingerprint density at radius 3 is 2.62 bits per heavy atom. The van der Waals surface area contributed by atoms with Crippen LogP contribution in [-0.4, -0.2) is 48.1 Å². The van der Waals surface area contributed by atoms with Gasteiger partial charge in [0.15, 0.2) is 0 Å². The first-order chi connectivity index (χ1) is 10.0. The summed E-state index contributed by atoms with van der Waals surface area (Å²) in [4.78, 5) is 2.86. The normalized spacial score (nSPS) is 12.4. The molecule has 118 valence electrons. The Kier molecular flexibility index (Phi) is 8.73. The van der Waals surface area contributed by atoms with E-state index < -0.39 is 0 Å². The maximum Gasteiger partial charge on any atom is 0.119 e. The summed E-state index contributed by atoms with van der Waals surface area (Å²) in [6.45, 7) is 3.90. The van der Waals surface area contributed by atoms with Crippen LogP contribution in [0.15, 0.2) is 24.3 Å². The van der Waals surface area contributed by atoms with Gasteiger partial charge in [-0.2, -0.15) is 11.8 Å². The third-order valence-corrected chi connectivity index (χ3v) is 4.29. The molecule has 0 fully saturated rings. The van der Waals surface area contributed by atoms with Crippen molar-refractivity contribution in [2.45, 2.75) is 25.8 Å². The van der Waals surface area contributed by atoms with Crippen LogP contribution in [0.25, 0.3) is 0 Å². The van der Waals surface area contributed by atoms with Crippen LogP contribution >= 0.6 is 24.0 Å². The van der Waals surface area contributed by atoms with Crippen molar-refractivity contribution in [3.63, 3.8) is 0 Å². The molecule has 0 heterocycles. The molecule has 21 heavy (non-hydrogen) atoms. The number of likely N-dealkylation sites (N-methyl/N-ethyl adjacent to an activating group) is 1. The fourth-order valence-corrected chi connectivity index (χ4v) is 2.68.